The number of morpholine rings is 1. The lowest BCUT2D eigenvalue weighted by Gasteiger charge is -2.35. The number of aliphatic hydroxyl groups is 1. The van der Waals surface area contributed by atoms with Crippen molar-refractivity contribution in [2.75, 3.05) is 30.7 Å². The molecule has 3 rings (SSSR count). The van der Waals surface area contributed by atoms with Crippen molar-refractivity contribution < 1.29 is 9.84 Å². The summed E-state index contributed by atoms with van der Waals surface area (Å²) in [5, 5.41) is 12.8. The summed E-state index contributed by atoms with van der Waals surface area (Å²) in [6.07, 6.45) is 4.84. The number of hydrogen-bond acceptors (Lipinski definition) is 6. The molecule has 25 heavy (non-hydrogen) atoms. The second-order valence-electron chi connectivity index (χ2n) is 7.78. The zero-order valence-corrected chi connectivity index (χ0v) is 15.4. The Morgan fingerprint density at radius 3 is 2.52 bits per heavy atom. The van der Waals surface area contributed by atoms with Gasteiger partial charge in [-0.2, -0.15) is 0 Å². The van der Waals surface area contributed by atoms with Crippen molar-refractivity contribution in [3.05, 3.63) is 17.7 Å². The summed E-state index contributed by atoms with van der Waals surface area (Å²) in [4.78, 5) is 6.88. The molecule has 1 saturated carbocycles. The number of hydrogen-bond donors (Lipinski definition) is 3. The van der Waals surface area contributed by atoms with Crippen LogP contribution in [-0.2, 0) is 11.3 Å². The van der Waals surface area contributed by atoms with Crippen molar-refractivity contribution in [3.63, 3.8) is 0 Å². The van der Waals surface area contributed by atoms with E-state index in [1.165, 1.54) is 5.56 Å². The van der Waals surface area contributed by atoms with Crippen molar-refractivity contribution in [1.82, 2.24) is 9.88 Å². The quantitative estimate of drug-likeness (QED) is 0.757. The smallest absolute Gasteiger partial charge is 0.128 e. The molecular weight excluding hydrogens is 316 g/mol. The predicted molar refractivity (Wildman–Crippen MR) is 100 cm³/mol. The van der Waals surface area contributed by atoms with Gasteiger partial charge >= 0.3 is 0 Å². The Hall–Kier alpha value is -1.37. The minimum atomic E-state index is 0.266. The van der Waals surface area contributed by atoms with Crippen LogP contribution in [0, 0.1) is 5.92 Å². The molecule has 0 spiro atoms. The van der Waals surface area contributed by atoms with Gasteiger partial charge in [-0.05, 0) is 63.1 Å². The molecule has 0 amide bonds. The van der Waals surface area contributed by atoms with E-state index in [0.717, 1.165) is 51.1 Å². The van der Waals surface area contributed by atoms with Gasteiger partial charge in [-0.1, -0.05) is 0 Å². The lowest BCUT2D eigenvalue weighted by Crippen LogP contribution is -2.44. The first kappa shape index (κ1) is 18.4. The molecule has 0 aromatic carbocycles. The van der Waals surface area contributed by atoms with Crippen LogP contribution in [0.3, 0.4) is 0 Å². The van der Waals surface area contributed by atoms with Gasteiger partial charge in [-0.15, -0.1) is 0 Å². The maximum absolute atomic E-state index is 9.27. The molecule has 1 aromatic heterocycles. The molecule has 4 N–H and O–H groups in total. The number of nitrogens with zero attached hydrogens (tertiary/aromatic N) is 2. The van der Waals surface area contributed by atoms with Crippen LogP contribution >= 0.6 is 0 Å². The van der Waals surface area contributed by atoms with Gasteiger partial charge < -0.3 is 20.9 Å². The average molecular weight is 348 g/mol. The number of nitrogens with one attached hydrogen (secondary N) is 1. The minimum Gasteiger partial charge on any atom is -0.396 e. The molecular formula is C19H32N4O2. The van der Waals surface area contributed by atoms with Gasteiger partial charge in [0.05, 0.1) is 12.2 Å². The molecule has 0 radical (unpaired) electrons. The van der Waals surface area contributed by atoms with E-state index in [-0.39, 0.29) is 12.2 Å². The molecule has 6 heteroatoms. The fourth-order valence-electron chi connectivity index (χ4n) is 4.15. The normalized spacial score (nSPS) is 31.0. The number of pyridine rings is 1. The van der Waals surface area contributed by atoms with Crippen molar-refractivity contribution >= 4 is 11.6 Å². The monoisotopic (exact) mass is 348 g/mol. The lowest BCUT2D eigenvalue weighted by molar-refractivity contribution is -0.0704. The number of nitrogen functional groups attached to an aromatic ring is 1. The fraction of sp³-hybridized carbons (Fsp3) is 0.737. The molecule has 140 valence electrons. The molecule has 0 unspecified atom stereocenters. The van der Waals surface area contributed by atoms with E-state index in [4.69, 9.17) is 10.5 Å². The third kappa shape index (κ3) is 5.30. The Balaban J connectivity index is 1.60. The number of aliphatic hydroxyl groups excluding tert-OH is 1. The van der Waals surface area contributed by atoms with Crippen molar-refractivity contribution in [1.29, 1.82) is 0 Å². The first-order valence-electron chi connectivity index (χ1n) is 9.53. The summed E-state index contributed by atoms with van der Waals surface area (Å²) in [6, 6.07) is 4.52. The van der Waals surface area contributed by atoms with E-state index in [0.29, 0.717) is 24.4 Å². The van der Waals surface area contributed by atoms with E-state index in [2.05, 4.69) is 35.1 Å². The standard InChI is InChI=1S/C19H32N4O2/c1-13-9-23(10-14(2)25-13)11-16-7-18(20)22-19(8-16)21-17-5-3-15(12-24)4-6-17/h7-8,13-15,17,24H,3-6,9-12H2,1-2H3,(H3,20,21,22)/t13-,14+,15?,17?. The summed E-state index contributed by atoms with van der Waals surface area (Å²) in [5.74, 6) is 1.91. The summed E-state index contributed by atoms with van der Waals surface area (Å²) in [7, 11) is 0. The van der Waals surface area contributed by atoms with Gasteiger partial charge in [0.25, 0.3) is 0 Å². The third-order valence-corrected chi connectivity index (χ3v) is 5.26. The lowest BCUT2D eigenvalue weighted by atomic mass is 9.86. The second kappa shape index (κ2) is 8.34. The van der Waals surface area contributed by atoms with Crippen LogP contribution in [-0.4, -0.2) is 52.9 Å². The molecule has 2 aliphatic rings. The number of rotatable bonds is 5. The first-order valence-corrected chi connectivity index (χ1v) is 9.53. The molecule has 0 bridgehead atoms. The van der Waals surface area contributed by atoms with E-state index < -0.39 is 0 Å². The van der Waals surface area contributed by atoms with Crippen molar-refractivity contribution in [2.45, 2.75) is 64.3 Å². The summed E-state index contributed by atoms with van der Waals surface area (Å²) in [6.45, 7) is 7.32. The number of anilines is 2. The summed E-state index contributed by atoms with van der Waals surface area (Å²) < 4.78 is 5.81. The van der Waals surface area contributed by atoms with E-state index in [1.54, 1.807) is 0 Å². The van der Waals surface area contributed by atoms with Gasteiger partial charge in [0.2, 0.25) is 0 Å². The Kier molecular flexibility index (Phi) is 6.15. The first-order chi connectivity index (χ1) is 12.0. The van der Waals surface area contributed by atoms with Crippen molar-refractivity contribution in [3.8, 4) is 0 Å². The molecule has 2 atom stereocenters. The Morgan fingerprint density at radius 2 is 1.88 bits per heavy atom. The number of nitrogens with two attached hydrogens (primary N) is 1. The maximum Gasteiger partial charge on any atom is 0.128 e. The second-order valence-corrected chi connectivity index (χ2v) is 7.78. The Bertz CT molecular complexity index is 550. The maximum atomic E-state index is 9.27. The number of ether oxygens (including phenoxy) is 1. The molecule has 1 saturated heterocycles. The third-order valence-electron chi connectivity index (χ3n) is 5.26. The highest BCUT2D eigenvalue weighted by Crippen LogP contribution is 2.26. The largest absolute Gasteiger partial charge is 0.396 e. The molecule has 1 aliphatic carbocycles. The Labute approximate surface area is 150 Å². The summed E-state index contributed by atoms with van der Waals surface area (Å²) in [5.41, 5.74) is 7.24. The van der Waals surface area contributed by atoms with Gasteiger partial charge in [0, 0.05) is 32.3 Å². The average Bonchev–Trinajstić information content (AvgIpc) is 2.54. The highest BCUT2D eigenvalue weighted by molar-refractivity contribution is 5.47. The van der Waals surface area contributed by atoms with Crippen LogP contribution in [0.15, 0.2) is 12.1 Å². The summed E-state index contributed by atoms with van der Waals surface area (Å²) >= 11 is 0. The van der Waals surface area contributed by atoms with E-state index >= 15 is 0 Å². The van der Waals surface area contributed by atoms with E-state index in [9.17, 15) is 5.11 Å². The van der Waals surface area contributed by atoms with Crippen LogP contribution in [0.4, 0.5) is 11.6 Å². The van der Waals surface area contributed by atoms with Gasteiger partial charge in [-0.25, -0.2) is 4.98 Å². The molecule has 2 fully saturated rings. The van der Waals surface area contributed by atoms with Gasteiger partial charge in [0.15, 0.2) is 0 Å². The fourth-order valence-corrected chi connectivity index (χ4v) is 4.15. The predicted octanol–water partition coefficient (Wildman–Crippen LogP) is 2.24. The zero-order valence-electron chi connectivity index (χ0n) is 15.4. The van der Waals surface area contributed by atoms with Crippen LogP contribution in [0.25, 0.3) is 0 Å². The van der Waals surface area contributed by atoms with Crippen LogP contribution in [0.1, 0.15) is 45.1 Å². The molecule has 1 aromatic rings. The molecule has 2 heterocycles. The zero-order chi connectivity index (χ0) is 17.8. The number of aromatic nitrogens is 1. The Morgan fingerprint density at radius 1 is 1.20 bits per heavy atom. The van der Waals surface area contributed by atoms with E-state index in [1.807, 2.05) is 6.07 Å². The van der Waals surface area contributed by atoms with Gasteiger partial charge in [0.1, 0.15) is 11.6 Å². The SMILES string of the molecule is C[C@@H]1CN(Cc2cc(N)nc(NC3CCC(CO)CC3)c2)C[C@H](C)O1. The molecule has 1 aliphatic heterocycles. The minimum absolute atomic E-state index is 0.266. The van der Waals surface area contributed by atoms with Crippen LogP contribution in [0.5, 0.6) is 0 Å². The van der Waals surface area contributed by atoms with Crippen LogP contribution < -0.4 is 11.1 Å². The van der Waals surface area contributed by atoms with Gasteiger partial charge in [-0.3, -0.25) is 4.90 Å². The highest BCUT2D eigenvalue weighted by atomic mass is 16.5. The highest BCUT2D eigenvalue weighted by Gasteiger charge is 2.23. The van der Waals surface area contributed by atoms with Crippen LogP contribution in [0.2, 0.25) is 0 Å². The van der Waals surface area contributed by atoms with Crippen molar-refractivity contribution in [2.24, 2.45) is 5.92 Å². The molecule has 6 nitrogen and oxygen atoms in total. The topological polar surface area (TPSA) is 83.6 Å².